The molecule has 0 spiro atoms. The number of piperazine rings is 1. The van der Waals surface area contributed by atoms with Crippen LogP contribution in [0.3, 0.4) is 0 Å². The lowest BCUT2D eigenvalue weighted by Gasteiger charge is -2.35. The molecule has 3 rings (SSSR count). The number of benzene rings is 1. The zero-order valence-corrected chi connectivity index (χ0v) is 18.9. The van der Waals surface area contributed by atoms with Gasteiger partial charge in [0.2, 0.25) is 0 Å². The molecule has 7 heteroatoms. The molecule has 1 saturated heterocycles. The summed E-state index contributed by atoms with van der Waals surface area (Å²) in [5.41, 5.74) is 1.66. The molecule has 29 heavy (non-hydrogen) atoms. The molecule has 162 valence electrons. The summed E-state index contributed by atoms with van der Waals surface area (Å²) in [5, 5.41) is 7.64. The predicted molar refractivity (Wildman–Crippen MR) is 124 cm³/mol. The number of thioether (sulfide) groups is 1. The fourth-order valence-electron chi connectivity index (χ4n) is 4.25. The van der Waals surface area contributed by atoms with Crippen molar-refractivity contribution in [3.8, 4) is 0 Å². The highest BCUT2D eigenvalue weighted by Crippen LogP contribution is 2.29. The summed E-state index contributed by atoms with van der Waals surface area (Å²) in [6.07, 6.45) is 3.65. The van der Waals surface area contributed by atoms with Crippen LogP contribution in [0.15, 0.2) is 23.2 Å². The van der Waals surface area contributed by atoms with Crippen LogP contribution in [0.2, 0.25) is 0 Å². The van der Waals surface area contributed by atoms with Gasteiger partial charge in [-0.25, -0.2) is 4.39 Å². The van der Waals surface area contributed by atoms with E-state index in [1.165, 1.54) is 25.0 Å². The molecule has 2 atom stereocenters. The molecule has 2 unspecified atom stereocenters. The van der Waals surface area contributed by atoms with Crippen molar-refractivity contribution in [3.05, 3.63) is 29.6 Å². The molecule has 5 nitrogen and oxygen atoms in total. The summed E-state index contributed by atoms with van der Waals surface area (Å²) >= 11 is 2.05. The molecular formula is C22H36FN5S. The third-order valence-corrected chi connectivity index (χ3v) is 7.22. The highest BCUT2D eigenvalue weighted by molar-refractivity contribution is 7.99. The van der Waals surface area contributed by atoms with E-state index in [-0.39, 0.29) is 5.82 Å². The van der Waals surface area contributed by atoms with Crippen LogP contribution in [0.25, 0.3) is 0 Å². The Labute approximate surface area is 179 Å². The quantitative estimate of drug-likeness (QED) is 0.522. The second kappa shape index (κ2) is 11.1. The van der Waals surface area contributed by atoms with Crippen LogP contribution < -0.4 is 15.5 Å². The van der Waals surface area contributed by atoms with E-state index in [9.17, 15) is 4.39 Å². The second-order valence-corrected chi connectivity index (χ2v) is 9.44. The molecule has 0 bridgehead atoms. The summed E-state index contributed by atoms with van der Waals surface area (Å²) < 4.78 is 14.7. The van der Waals surface area contributed by atoms with Gasteiger partial charge in [0.25, 0.3) is 0 Å². The Morgan fingerprint density at radius 3 is 2.66 bits per heavy atom. The largest absolute Gasteiger partial charge is 0.367 e. The number of hydrogen-bond donors (Lipinski definition) is 2. The molecule has 0 radical (unpaired) electrons. The maximum absolute atomic E-state index is 14.7. The minimum atomic E-state index is -0.132. The summed E-state index contributed by atoms with van der Waals surface area (Å²) in [7, 11) is 1.79. The Hall–Kier alpha value is -1.47. The van der Waals surface area contributed by atoms with Crippen molar-refractivity contribution in [2.75, 3.05) is 50.4 Å². The lowest BCUT2D eigenvalue weighted by molar-refractivity contribution is 0.270. The Morgan fingerprint density at radius 1 is 1.21 bits per heavy atom. The van der Waals surface area contributed by atoms with Crippen molar-refractivity contribution in [2.24, 2.45) is 4.99 Å². The van der Waals surface area contributed by atoms with E-state index in [4.69, 9.17) is 0 Å². The maximum Gasteiger partial charge on any atom is 0.191 e. The highest BCUT2D eigenvalue weighted by atomic mass is 32.2. The number of likely N-dealkylation sites (N-methyl/N-ethyl adjacent to an activating group) is 1. The topological polar surface area (TPSA) is 42.9 Å². The summed E-state index contributed by atoms with van der Waals surface area (Å²) in [5.74, 6) is 1.85. The number of nitrogens with one attached hydrogen (secondary N) is 2. The van der Waals surface area contributed by atoms with Crippen LogP contribution >= 0.6 is 11.8 Å². The van der Waals surface area contributed by atoms with Crippen LogP contribution in [0.5, 0.6) is 0 Å². The summed E-state index contributed by atoms with van der Waals surface area (Å²) in [6.45, 7) is 9.81. The monoisotopic (exact) mass is 421 g/mol. The Morgan fingerprint density at radius 2 is 2.00 bits per heavy atom. The number of guanidine groups is 1. The van der Waals surface area contributed by atoms with Crippen LogP contribution in [0.4, 0.5) is 10.1 Å². The molecule has 0 aromatic heterocycles. The third-order valence-electron chi connectivity index (χ3n) is 5.98. The molecule has 2 fully saturated rings. The first-order valence-electron chi connectivity index (χ1n) is 11.0. The second-order valence-electron chi connectivity index (χ2n) is 7.86. The number of anilines is 1. The highest BCUT2D eigenvalue weighted by Gasteiger charge is 2.25. The van der Waals surface area contributed by atoms with Crippen LogP contribution in [-0.4, -0.2) is 67.7 Å². The van der Waals surface area contributed by atoms with Crippen molar-refractivity contribution in [1.82, 2.24) is 15.5 Å². The Balaban J connectivity index is 1.49. The van der Waals surface area contributed by atoms with Crippen LogP contribution in [0, 0.1) is 5.82 Å². The third kappa shape index (κ3) is 6.25. The molecule has 1 aliphatic carbocycles. The smallest absolute Gasteiger partial charge is 0.191 e. The maximum atomic E-state index is 14.7. The molecule has 2 N–H and O–H groups in total. The zero-order chi connectivity index (χ0) is 20.6. The van der Waals surface area contributed by atoms with Crippen molar-refractivity contribution in [1.29, 1.82) is 0 Å². The number of aliphatic imine (C=N–C) groups is 1. The predicted octanol–water partition coefficient (Wildman–Crippen LogP) is 3.31. The average molecular weight is 422 g/mol. The van der Waals surface area contributed by atoms with Gasteiger partial charge in [0.15, 0.2) is 5.96 Å². The molecule has 1 saturated carbocycles. The average Bonchev–Trinajstić information content (AvgIpc) is 3.18. The van der Waals surface area contributed by atoms with Gasteiger partial charge in [-0.15, -0.1) is 0 Å². The minimum absolute atomic E-state index is 0.132. The van der Waals surface area contributed by atoms with Gasteiger partial charge in [0, 0.05) is 51.1 Å². The zero-order valence-electron chi connectivity index (χ0n) is 18.1. The summed E-state index contributed by atoms with van der Waals surface area (Å²) in [4.78, 5) is 8.91. The van der Waals surface area contributed by atoms with Gasteiger partial charge in [-0.1, -0.05) is 19.9 Å². The van der Waals surface area contributed by atoms with E-state index in [1.807, 2.05) is 12.1 Å². The lowest BCUT2D eigenvalue weighted by atomic mass is 10.1. The van der Waals surface area contributed by atoms with Crippen LogP contribution in [-0.2, 0) is 6.54 Å². The molecule has 0 amide bonds. The number of halogens is 1. The molecule has 1 aromatic carbocycles. The Kier molecular flexibility index (Phi) is 8.48. The normalized spacial score (nSPS) is 23.4. The van der Waals surface area contributed by atoms with E-state index in [0.29, 0.717) is 12.6 Å². The fraction of sp³-hybridized carbons (Fsp3) is 0.682. The van der Waals surface area contributed by atoms with E-state index in [0.717, 1.165) is 55.2 Å². The van der Waals surface area contributed by atoms with Gasteiger partial charge in [-0.3, -0.25) is 4.99 Å². The van der Waals surface area contributed by atoms with Crippen molar-refractivity contribution < 1.29 is 4.39 Å². The molecular weight excluding hydrogens is 385 g/mol. The van der Waals surface area contributed by atoms with Gasteiger partial charge >= 0.3 is 0 Å². The van der Waals surface area contributed by atoms with Gasteiger partial charge in [-0.2, -0.15) is 11.8 Å². The SMILES string of the molecule is CCSC1CCC(NC(=NC)NCc2ccc(N3CCN(CC)CC3)c(F)c2)C1. The molecule has 1 aliphatic heterocycles. The molecule has 1 aromatic rings. The first-order chi connectivity index (χ1) is 14.1. The molecule has 2 aliphatic rings. The van der Waals surface area contributed by atoms with Gasteiger partial charge in [0.1, 0.15) is 5.82 Å². The van der Waals surface area contributed by atoms with Crippen molar-refractivity contribution in [2.45, 2.75) is 50.9 Å². The lowest BCUT2D eigenvalue weighted by Crippen LogP contribution is -2.46. The standard InChI is InChI=1S/C22H36FN5S/c1-4-27-10-12-28(13-11-27)21-9-6-17(14-20(21)23)16-25-22(24-3)26-18-7-8-19(15-18)29-5-2/h6,9,14,18-19H,4-5,7-8,10-13,15-16H2,1-3H3,(H2,24,25,26). The first kappa shape index (κ1) is 22.2. The van der Waals surface area contributed by atoms with Crippen LogP contribution in [0.1, 0.15) is 38.7 Å². The van der Waals surface area contributed by atoms with E-state index >= 15 is 0 Å². The van der Waals surface area contributed by atoms with E-state index < -0.39 is 0 Å². The number of nitrogens with zero attached hydrogens (tertiary/aromatic N) is 3. The van der Waals surface area contributed by atoms with Gasteiger partial charge in [0.05, 0.1) is 5.69 Å². The van der Waals surface area contributed by atoms with Crippen molar-refractivity contribution >= 4 is 23.4 Å². The first-order valence-corrected chi connectivity index (χ1v) is 12.0. The van der Waals surface area contributed by atoms with Gasteiger partial charge < -0.3 is 20.4 Å². The van der Waals surface area contributed by atoms with Crippen molar-refractivity contribution in [3.63, 3.8) is 0 Å². The van der Waals surface area contributed by atoms with E-state index in [1.54, 1.807) is 13.1 Å². The number of rotatable bonds is 7. The minimum Gasteiger partial charge on any atom is -0.367 e. The number of hydrogen-bond acceptors (Lipinski definition) is 4. The Bertz CT molecular complexity index is 675. The summed E-state index contributed by atoms with van der Waals surface area (Å²) in [6, 6.07) is 6.08. The van der Waals surface area contributed by atoms with Gasteiger partial charge in [-0.05, 0) is 49.3 Å². The van der Waals surface area contributed by atoms with E-state index in [2.05, 4.69) is 51.0 Å². The molecule has 1 heterocycles. The fourth-order valence-corrected chi connectivity index (χ4v) is 5.40.